The average molecular weight is 504 g/mol. The van der Waals surface area contributed by atoms with Gasteiger partial charge in [-0.1, -0.05) is 54.6 Å². The van der Waals surface area contributed by atoms with E-state index in [1.54, 1.807) is 24.5 Å². The van der Waals surface area contributed by atoms with Crippen molar-refractivity contribution in [1.29, 1.82) is 0 Å². The van der Waals surface area contributed by atoms with E-state index < -0.39 is 7.26 Å². The molecule has 180 valence electrons. The smallest absolute Gasteiger partial charge is 0.252 e. The maximum Gasteiger partial charge on any atom is 0.252 e. The lowest BCUT2D eigenvalue weighted by Gasteiger charge is -2.27. The molecule has 0 aliphatic heterocycles. The van der Waals surface area contributed by atoms with Crippen molar-refractivity contribution in [1.82, 2.24) is 15.6 Å². The topological polar surface area (TPSA) is 54.0 Å². The minimum atomic E-state index is -1.78. The highest BCUT2D eigenvalue weighted by Crippen LogP contribution is 2.55. The third-order valence-corrected chi connectivity index (χ3v) is 10.5. The standard InChI is InChI=1S/C29H30N3OP.ClH/c33-29(25-12-10-19-31-24-25)32-22-21-30-20-11-23-34(26-13-4-1-5-14-26,27-15-6-2-7-16-27)28-17-8-3-9-18-28;/h1-10,12-19,24,30H,11,20-23H2;1H. The Bertz CT molecular complexity index is 1050. The fraction of sp³-hybridized carbons (Fsp3) is 0.172. The summed E-state index contributed by atoms with van der Waals surface area (Å²) in [6.45, 7) is 2.22. The third-order valence-electron chi connectivity index (χ3n) is 5.95. The Morgan fingerprint density at radius 1 is 0.686 bits per heavy atom. The first-order chi connectivity index (χ1) is 16.8. The zero-order chi connectivity index (χ0) is 23.5. The molecule has 0 bridgehead atoms. The number of carbonyl (C=O) groups excluding carboxylic acids is 1. The van der Waals surface area contributed by atoms with Crippen LogP contribution in [0.3, 0.4) is 0 Å². The Morgan fingerprint density at radius 3 is 1.71 bits per heavy atom. The highest BCUT2D eigenvalue weighted by atomic mass is 35.5. The van der Waals surface area contributed by atoms with Gasteiger partial charge in [0.1, 0.15) is 23.2 Å². The van der Waals surface area contributed by atoms with Gasteiger partial charge in [0.05, 0.1) is 11.7 Å². The molecule has 6 heteroatoms. The van der Waals surface area contributed by atoms with Crippen LogP contribution in [0.1, 0.15) is 16.8 Å². The van der Waals surface area contributed by atoms with Crippen LogP contribution in [0.25, 0.3) is 0 Å². The van der Waals surface area contributed by atoms with Crippen LogP contribution in [0.2, 0.25) is 0 Å². The summed E-state index contributed by atoms with van der Waals surface area (Å²) in [5.41, 5.74) is 0.589. The summed E-state index contributed by atoms with van der Waals surface area (Å²) in [7, 11) is -1.78. The van der Waals surface area contributed by atoms with E-state index in [9.17, 15) is 4.79 Å². The fourth-order valence-corrected chi connectivity index (χ4v) is 8.66. The summed E-state index contributed by atoms with van der Waals surface area (Å²) in [4.78, 5) is 16.2. The van der Waals surface area contributed by atoms with Crippen molar-refractivity contribution >= 4 is 29.1 Å². The maximum absolute atomic E-state index is 12.2. The first-order valence-electron chi connectivity index (χ1n) is 11.7. The number of carbonyl (C=O) groups is 1. The Balaban J connectivity index is 0.00000342. The molecule has 0 spiro atoms. The van der Waals surface area contributed by atoms with Gasteiger partial charge in [0.25, 0.3) is 5.91 Å². The minimum Gasteiger partial charge on any atom is -1.00 e. The molecule has 4 nitrogen and oxygen atoms in total. The van der Waals surface area contributed by atoms with Gasteiger partial charge in [0.2, 0.25) is 0 Å². The molecule has 0 radical (unpaired) electrons. The van der Waals surface area contributed by atoms with Crippen LogP contribution in [0.5, 0.6) is 0 Å². The van der Waals surface area contributed by atoms with E-state index in [-0.39, 0.29) is 18.3 Å². The number of nitrogens with zero attached hydrogens (tertiary/aromatic N) is 1. The number of aromatic nitrogens is 1. The largest absolute Gasteiger partial charge is 1.00 e. The van der Waals surface area contributed by atoms with Crippen molar-refractivity contribution in [3.63, 3.8) is 0 Å². The van der Waals surface area contributed by atoms with E-state index in [1.165, 1.54) is 15.9 Å². The van der Waals surface area contributed by atoms with Crippen molar-refractivity contribution in [2.75, 3.05) is 25.8 Å². The number of rotatable bonds is 11. The summed E-state index contributed by atoms with van der Waals surface area (Å²) in [5, 5.41) is 10.7. The van der Waals surface area contributed by atoms with Crippen molar-refractivity contribution in [2.24, 2.45) is 0 Å². The van der Waals surface area contributed by atoms with E-state index in [4.69, 9.17) is 0 Å². The summed E-state index contributed by atoms with van der Waals surface area (Å²) in [6, 6.07) is 36.5. The lowest BCUT2D eigenvalue weighted by molar-refractivity contribution is -0.0000151. The molecule has 0 atom stereocenters. The number of hydrogen-bond donors (Lipinski definition) is 2. The number of halogens is 1. The number of benzene rings is 3. The van der Waals surface area contributed by atoms with Gasteiger partial charge in [0.15, 0.2) is 0 Å². The second kappa shape index (κ2) is 13.7. The first-order valence-corrected chi connectivity index (χ1v) is 13.7. The summed E-state index contributed by atoms with van der Waals surface area (Å²) >= 11 is 0. The SMILES string of the molecule is O=C(NCCNCCC[P+](c1ccccc1)(c1ccccc1)c1ccccc1)c1cccnc1.[Cl-]. The lowest BCUT2D eigenvalue weighted by atomic mass is 10.3. The molecule has 1 amide bonds. The van der Waals surface area contributed by atoms with Crippen LogP contribution < -0.4 is 39.0 Å². The molecular formula is C29H31ClN3OP. The monoisotopic (exact) mass is 503 g/mol. The summed E-state index contributed by atoms with van der Waals surface area (Å²) in [5.74, 6) is -0.0860. The van der Waals surface area contributed by atoms with Gasteiger partial charge in [-0.05, 0) is 61.5 Å². The van der Waals surface area contributed by atoms with Gasteiger partial charge in [-0.3, -0.25) is 9.78 Å². The molecule has 2 N–H and O–H groups in total. The molecule has 4 aromatic rings. The molecule has 3 aromatic carbocycles. The number of hydrogen-bond acceptors (Lipinski definition) is 3. The Labute approximate surface area is 215 Å². The Kier molecular flexibility index (Phi) is 10.4. The van der Waals surface area contributed by atoms with Gasteiger partial charge in [0, 0.05) is 25.5 Å². The second-order valence-corrected chi connectivity index (χ2v) is 11.8. The molecule has 0 aliphatic rings. The van der Waals surface area contributed by atoms with Gasteiger partial charge < -0.3 is 23.0 Å². The van der Waals surface area contributed by atoms with E-state index in [2.05, 4.69) is 107 Å². The van der Waals surface area contributed by atoms with Crippen LogP contribution in [-0.4, -0.2) is 36.7 Å². The van der Waals surface area contributed by atoms with Crippen LogP contribution in [-0.2, 0) is 0 Å². The van der Waals surface area contributed by atoms with E-state index in [0.717, 1.165) is 25.7 Å². The molecule has 1 aromatic heterocycles. The summed E-state index contributed by atoms with van der Waals surface area (Å²) < 4.78 is 0. The average Bonchev–Trinajstić information content (AvgIpc) is 2.92. The number of amides is 1. The lowest BCUT2D eigenvalue weighted by Crippen LogP contribution is -3.00. The van der Waals surface area contributed by atoms with Crippen LogP contribution >= 0.6 is 7.26 Å². The molecular weight excluding hydrogens is 473 g/mol. The minimum absolute atomic E-state index is 0. The normalized spacial score (nSPS) is 10.9. The quantitative estimate of drug-likeness (QED) is 0.235. The molecule has 35 heavy (non-hydrogen) atoms. The van der Waals surface area contributed by atoms with Gasteiger partial charge in [-0.2, -0.15) is 0 Å². The van der Waals surface area contributed by atoms with Crippen LogP contribution in [0.4, 0.5) is 0 Å². The molecule has 0 aliphatic carbocycles. The number of nitrogens with one attached hydrogen (secondary N) is 2. The highest BCUT2D eigenvalue weighted by molar-refractivity contribution is 7.95. The maximum atomic E-state index is 12.2. The predicted molar refractivity (Wildman–Crippen MR) is 144 cm³/mol. The molecule has 0 saturated carbocycles. The van der Waals surface area contributed by atoms with Crippen LogP contribution in [0, 0.1) is 0 Å². The number of pyridine rings is 1. The molecule has 0 fully saturated rings. The van der Waals surface area contributed by atoms with E-state index in [0.29, 0.717) is 12.1 Å². The Hall–Kier alpha value is -3.04. The molecule has 0 unspecified atom stereocenters. The third kappa shape index (κ3) is 6.76. The van der Waals surface area contributed by atoms with Gasteiger partial charge >= 0.3 is 0 Å². The first kappa shape index (κ1) is 26.6. The molecule has 1 heterocycles. The van der Waals surface area contributed by atoms with E-state index >= 15 is 0 Å². The van der Waals surface area contributed by atoms with Crippen molar-refractivity contribution in [3.8, 4) is 0 Å². The molecule has 4 rings (SSSR count). The highest BCUT2D eigenvalue weighted by Gasteiger charge is 2.44. The van der Waals surface area contributed by atoms with E-state index in [1.807, 2.05) is 0 Å². The van der Waals surface area contributed by atoms with Gasteiger partial charge in [-0.25, -0.2) is 0 Å². The second-order valence-electron chi connectivity index (χ2n) is 8.14. The Morgan fingerprint density at radius 2 is 1.23 bits per heavy atom. The van der Waals surface area contributed by atoms with Crippen LogP contribution in [0.15, 0.2) is 116 Å². The predicted octanol–water partition coefficient (Wildman–Crippen LogP) is 0.789. The fourth-order valence-electron chi connectivity index (χ4n) is 4.31. The molecule has 0 saturated heterocycles. The summed E-state index contributed by atoms with van der Waals surface area (Å²) in [6.07, 6.45) is 5.38. The van der Waals surface area contributed by atoms with Crippen molar-refractivity contribution in [2.45, 2.75) is 6.42 Å². The van der Waals surface area contributed by atoms with Crippen molar-refractivity contribution < 1.29 is 17.2 Å². The zero-order valence-electron chi connectivity index (χ0n) is 19.7. The zero-order valence-corrected chi connectivity index (χ0v) is 21.3. The van der Waals surface area contributed by atoms with Gasteiger partial charge in [-0.15, -0.1) is 0 Å². The van der Waals surface area contributed by atoms with Crippen molar-refractivity contribution in [3.05, 3.63) is 121 Å².